The smallest absolute Gasteiger partial charge is 0.339 e. The van der Waals surface area contributed by atoms with Gasteiger partial charge in [0.1, 0.15) is 22.5 Å². The van der Waals surface area contributed by atoms with E-state index < -0.39 is 0 Å². The molecule has 3 nitrogen and oxygen atoms in total. The summed E-state index contributed by atoms with van der Waals surface area (Å²) in [7, 11) is 0. The van der Waals surface area contributed by atoms with E-state index in [-0.39, 0.29) is 5.63 Å². The van der Waals surface area contributed by atoms with Crippen LogP contribution in [0.5, 0.6) is 11.5 Å². The SMILES string of the molecule is O=c1cc2c3c(cccc3o1)O2. The highest BCUT2D eigenvalue weighted by atomic mass is 16.5. The van der Waals surface area contributed by atoms with Gasteiger partial charge in [-0.15, -0.1) is 0 Å². The van der Waals surface area contributed by atoms with Crippen molar-refractivity contribution in [3.63, 3.8) is 0 Å². The maximum Gasteiger partial charge on any atom is 0.339 e. The van der Waals surface area contributed by atoms with E-state index in [1.54, 1.807) is 12.1 Å². The van der Waals surface area contributed by atoms with Gasteiger partial charge in [0.15, 0.2) is 0 Å². The molecule has 2 heterocycles. The summed E-state index contributed by atoms with van der Waals surface area (Å²) in [5, 5.41) is 0.914. The fourth-order valence-corrected chi connectivity index (χ4v) is 1.39. The van der Waals surface area contributed by atoms with Gasteiger partial charge in [0.2, 0.25) is 0 Å². The van der Waals surface area contributed by atoms with E-state index in [1.165, 1.54) is 6.07 Å². The van der Waals surface area contributed by atoms with Gasteiger partial charge in [-0.1, -0.05) is 6.07 Å². The van der Waals surface area contributed by atoms with Gasteiger partial charge in [-0.25, -0.2) is 4.79 Å². The maximum absolute atomic E-state index is 10.9. The predicted molar refractivity (Wildman–Crippen MR) is 42.6 cm³/mol. The van der Waals surface area contributed by atoms with Crippen LogP contribution in [0.1, 0.15) is 0 Å². The summed E-state index contributed by atoms with van der Waals surface area (Å²) in [6.45, 7) is 0. The van der Waals surface area contributed by atoms with E-state index in [2.05, 4.69) is 0 Å². The molecule has 1 aromatic carbocycles. The molecule has 0 fully saturated rings. The van der Waals surface area contributed by atoms with Gasteiger partial charge in [-0.3, -0.25) is 0 Å². The molecule has 0 unspecified atom stereocenters. The fourth-order valence-electron chi connectivity index (χ4n) is 1.39. The van der Waals surface area contributed by atoms with Gasteiger partial charge < -0.3 is 9.15 Å². The third-order valence-electron chi connectivity index (χ3n) is 1.91. The molecule has 3 rings (SSSR count). The van der Waals surface area contributed by atoms with Gasteiger partial charge in [-0.2, -0.15) is 0 Å². The highest BCUT2D eigenvalue weighted by molar-refractivity contribution is 5.94. The fraction of sp³-hybridized carbons (Fsp3) is 0. The van der Waals surface area contributed by atoms with Gasteiger partial charge in [-0.05, 0) is 12.1 Å². The van der Waals surface area contributed by atoms with Crippen molar-refractivity contribution in [1.82, 2.24) is 0 Å². The first-order chi connectivity index (χ1) is 5.84. The molecule has 58 valence electrons. The topological polar surface area (TPSA) is 39.4 Å². The molecule has 1 aliphatic heterocycles. The van der Waals surface area contributed by atoms with Crippen LogP contribution in [0, 0.1) is 0 Å². The summed E-state index contributed by atoms with van der Waals surface area (Å²) in [6, 6.07) is 6.75. The molecule has 0 bridgehead atoms. The van der Waals surface area contributed by atoms with E-state index in [4.69, 9.17) is 9.15 Å². The molecule has 0 atom stereocenters. The molecule has 0 saturated carbocycles. The minimum absolute atomic E-state index is 0.366. The van der Waals surface area contributed by atoms with Crippen LogP contribution in [-0.4, -0.2) is 0 Å². The Labute approximate surface area is 67.2 Å². The van der Waals surface area contributed by atoms with Crippen molar-refractivity contribution in [3.8, 4) is 11.5 Å². The lowest BCUT2D eigenvalue weighted by molar-refractivity contribution is 0.444. The second-order valence-corrected chi connectivity index (χ2v) is 2.66. The average molecular weight is 160 g/mol. The van der Waals surface area contributed by atoms with Crippen molar-refractivity contribution >= 4 is 11.0 Å². The van der Waals surface area contributed by atoms with E-state index in [0.717, 1.165) is 11.1 Å². The number of hydrogen-bond donors (Lipinski definition) is 0. The third-order valence-corrected chi connectivity index (χ3v) is 1.91. The Hall–Kier alpha value is -1.77. The van der Waals surface area contributed by atoms with Crippen molar-refractivity contribution < 1.29 is 9.15 Å². The highest BCUT2D eigenvalue weighted by Crippen LogP contribution is 2.43. The van der Waals surface area contributed by atoms with Crippen molar-refractivity contribution in [3.05, 3.63) is 34.7 Å². The van der Waals surface area contributed by atoms with Crippen molar-refractivity contribution in [2.75, 3.05) is 0 Å². The van der Waals surface area contributed by atoms with Crippen LogP contribution < -0.4 is 10.4 Å². The second-order valence-electron chi connectivity index (χ2n) is 2.66. The molecular formula is C9H4O3. The second kappa shape index (κ2) is 1.69. The Morgan fingerprint density at radius 3 is 3.00 bits per heavy atom. The standard InChI is InChI=1S/C9H4O3/c10-8-4-7-9-5(11-7)2-1-3-6(9)12-8/h1-4H. The Balaban J connectivity index is 2.63. The molecule has 1 aliphatic rings. The van der Waals surface area contributed by atoms with Crippen molar-refractivity contribution in [1.29, 1.82) is 0 Å². The number of hydrogen-bond acceptors (Lipinski definition) is 3. The summed E-state index contributed by atoms with van der Waals surface area (Å²) < 4.78 is 10.1. The minimum atomic E-state index is -0.366. The molecule has 1 aromatic heterocycles. The first-order valence-corrected chi connectivity index (χ1v) is 3.59. The monoisotopic (exact) mass is 160 g/mol. The van der Waals surface area contributed by atoms with Crippen LogP contribution in [0.15, 0.2) is 33.5 Å². The zero-order valence-electron chi connectivity index (χ0n) is 6.03. The maximum atomic E-state index is 10.9. The summed E-state index contributed by atoms with van der Waals surface area (Å²) >= 11 is 0. The van der Waals surface area contributed by atoms with E-state index in [9.17, 15) is 4.79 Å². The van der Waals surface area contributed by atoms with Crippen LogP contribution in [0.4, 0.5) is 0 Å². The molecule has 0 saturated heterocycles. The Kier molecular flexibility index (Phi) is 0.821. The summed E-state index contributed by atoms with van der Waals surface area (Å²) in [6.07, 6.45) is 0. The number of benzene rings is 1. The van der Waals surface area contributed by atoms with Crippen LogP contribution >= 0.6 is 0 Å². The quantitative estimate of drug-likeness (QED) is 0.471. The van der Waals surface area contributed by atoms with Crippen LogP contribution in [0.2, 0.25) is 0 Å². The van der Waals surface area contributed by atoms with E-state index in [0.29, 0.717) is 11.3 Å². The molecule has 12 heavy (non-hydrogen) atoms. The van der Waals surface area contributed by atoms with Gasteiger partial charge >= 0.3 is 5.63 Å². The van der Waals surface area contributed by atoms with E-state index in [1.807, 2.05) is 6.07 Å². The van der Waals surface area contributed by atoms with Crippen LogP contribution in [-0.2, 0) is 0 Å². The predicted octanol–water partition coefficient (Wildman–Crippen LogP) is 1.90. The first-order valence-electron chi connectivity index (χ1n) is 3.59. The van der Waals surface area contributed by atoms with Crippen molar-refractivity contribution in [2.24, 2.45) is 0 Å². The molecule has 0 amide bonds. The largest absolute Gasteiger partial charge is 0.455 e. The average Bonchev–Trinajstić information content (AvgIpc) is 2.00. The Bertz CT molecular complexity index is 525. The molecule has 0 radical (unpaired) electrons. The van der Waals surface area contributed by atoms with Crippen molar-refractivity contribution in [2.45, 2.75) is 0 Å². The molecule has 0 spiro atoms. The molecule has 0 aliphatic carbocycles. The van der Waals surface area contributed by atoms with Crippen LogP contribution in [0.25, 0.3) is 11.0 Å². The summed E-state index contributed by atoms with van der Waals surface area (Å²) in [4.78, 5) is 10.9. The Morgan fingerprint density at radius 2 is 2.08 bits per heavy atom. The first kappa shape index (κ1) is 5.83. The Morgan fingerprint density at radius 1 is 1.17 bits per heavy atom. The molecular weight excluding hydrogens is 156 g/mol. The lowest BCUT2D eigenvalue weighted by Crippen LogP contribution is -2.04. The van der Waals surface area contributed by atoms with E-state index >= 15 is 0 Å². The van der Waals surface area contributed by atoms with Crippen LogP contribution in [0.3, 0.4) is 0 Å². The normalized spacial score (nSPS) is 12.3. The minimum Gasteiger partial charge on any atom is -0.455 e. The lowest BCUT2D eigenvalue weighted by Gasteiger charge is -2.18. The zero-order chi connectivity index (χ0) is 8.13. The zero-order valence-corrected chi connectivity index (χ0v) is 6.03. The lowest BCUT2D eigenvalue weighted by atomic mass is 10.1. The third kappa shape index (κ3) is 0.540. The highest BCUT2D eigenvalue weighted by Gasteiger charge is 2.20. The van der Waals surface area contributed by atoms with Gasteiger partial charge in [0.05, 0.1) is 6.07 Å². The van der Waals surface area contributed by atoms with Gasteiger partial charge in [0.25, 0.3) is 0 Å². The number of rotatable bonds is 0. The molecule has 0 N–H and O–H groups in total. The number of ether oxygens (including phenoxy) is 1. The summed E-state index contributed by atoms with van der Waals surface area (Å²) in [5.41, 5.74) is 0.232. The molecule has 2 aromatic rings. The van der Waals surface area contributed by atoms with Gasteiger partial charge in [0, 0.05) is 0 Å². The molecule has 3 heteroatoms. The summed E-state index contributed by atoms with van der Waals surface area (Å²) in [5.74, 6) is 1.41.